The molecule has 1 amide bonds. The number of amides is 1. The van der Waals surface area contributed by atoms with E-state index in [0.29, 0.717) is 5.56 Å². The summed E-state index contributed by atoms with van der Waals surface area (Å²) in [6, 6.07) is 12.6. The van der Waals surface area contributed by atoms with Crippen LogP contribution < -0.4 is 5.32 Å². The highest BCUT2D eigenvalue weighted by Gasteiger charge is 2.32. The minimum Gasteiger partial charge on any atom is -0.464 e. The van der Waals surface area contributed by atoms with Crippen molar-refractivity contribution < 1.29 is 27.5 Å². The Labute approximate surface area is 149 Å². The van der Waals surface area contributed by atoms with Crippen molar-refractivity contribution in [1.29, 1.82) is 0 Å². The molecule has 138 valence electrons. The van der Waals surface area contributed by atoms with Gasteiger partial charge in [0.25, 0.3) is 5.91 Å². The average molecular weight is 365 g/mol. The number of hydrogen-bond donors (Lipinski definition) is 1. The first-order chi connectivity index (χ1) is 12.3. The summed E-state index contributed by atoms with van der Waals surface area (Å²) in [7, 11) is 0. The van der Waals surface area contributed by atoms with Gasteiger partial charge in [-0.15, -0.1) is 0 Å². The molecule has 0 saturated carbocycles. The van der Waals surface area contributed by atoms with Gasteiger partial charge in [0.05, 0.1) is 12.2 Å². The van der Waals surface area contributed by atoms with Crippen LogP contribution in [0.4, 0.5) is 13.2 Å². The summed E-state index contributed by atoms with van der Waals surface area (Å²) in [5.41, 5.74) is -0.304. The number of nitrogens with one attached hydrogen (secondary N) is 1. The van der Waals surface area contributed by atoms with Crippen LogP contribution in [0.15, 0.2) is 54.6 Å². The number of esters is 1. The molecule has 1 N–H and O–H groups in total. The average Bonchev–Trinajstić information content (AvgIpc) is 2.61. The summed E-state index contributed by atoms with van der Waals surface area (Å²) < 4.78 is 43.7. The zero-order chi connectivity index (χ0) is 19.2. The molecule has 2 rings (SSSR count). The molecule has 26 heavy (non-hydrogen) atoms. The summed E-state index contributed by atoms with van der Waals surface area (Å²) >= 11 is 0. The maximum Gasteiger partial charge on any atom is 0.416 e. The van der Waals surface area contributed by atoms with Crippen molar-refractivity contribution in [3.63, 3.8) is 0 Å². The maximum atomic E-state index is 12.9. The summed E-state index contributed by atoms with van der Waals surface area (Å²) in [5.74, 6) is -1.14. The van der Waals surface area contributed by atoms with Crippen LogP contribution in [-0.2, 0) is 22.1 Å². The lowest BCUT2D eigenvalue weighted by atomic mass is 10.0. The van der Waals surface area contributed by atoms with Crippen LogP contribution in [-0.4, -0.2) is 24.5 Å². The first-order valence-corrected chi connectivity index (χ1v) is 7.96. The Morgan fingerprint density at radius 2 is 1.65 bits per heavy atom. The molecule has 7 heteroatoms. The fourth-order valence-corrected chi connectivity index (χ4v) is 2.33. The normalized spacial score (nSPS) is 12.3. The molecule has 0 aliphatic rings. The molecule has 2 aromatic carbocycles. The monoisotopic (exact) mass is 365 g/mol. The third-order valence-corrected chi connectivity index (χ3v) is 3.68. The molecule has 0 bridgehead atoms. The van der Waals surface area contributed by atoms with Crippen LogP contribution in [0.3, 0.4) is 0 Å². The molecule has 1 atom stereocenters. The van der Waals surface area contributed by atoms with E-state index in [1.807, 2.05) is 0 Å². The van der Waals surface area contributed by atoms with Crippen molar-refractivity contribution in [3.05, 3.63) is 71.3 Å². The molecule has 0 aliphatic carbocycles. The van der Waals surface area contributed by atoms with Crippen molar-refractivity contribution in [1.82, 2.24) is 5.32 Å². The lowest BCUT2D eigenvalue weighted by molar-refractivity contribution is -0.145. The molecule has 0 saturated heterocycles. The summed E-state index contributed by atoms with van der Waals surface area (Å²) in [4.78, 5) is 23.9. The Morgan fingerprint density at radius 1 is 1.04 bits per heavy atom. The Balaban J connectivity index is 1.86. The van der Waals surface area contributed by atoms with Crippen molar-refractivity contribution in [2.75, 3.05) is 6.61 Å². The highest BCUT2D eigenvalue weighted by molar-refractivity contribution is 5.96. The van der Waals surface area contributed by atoms with Crippen molar-refractivity contribution in [2.24, 2.45) is 0 Å². The number of rotatable bonds is 6. The van der Waals surface area contributed by atoms with Gasteiger partial charge >= 0.3 is 12.1 Å². The number of alkyl halides is 3. The number of carbonyl (C=O) groups excluding carboxylic acids is 2. The van der Waals surface area contributed by atoms with Gasteiger partial charge in [0, 0.05) is 12.0 Å². The van der Waals surface area contributed by atoms with E-state index >= 15 is 0 Å². The molecular formula is C19H18F3NO3. The standard InChI is InChI=1S/C19H18F3NO3/c1-13(23-17(24)15-8-3-2-4-9-15)18(25)26-12-11-14-7-5-6-10-16(14)19(20,21)22/h2-10,13H,11-12H2,1H3,(H,23,24). The molecule has 0 radical (unpaired) electrons. The number of benzene rings is 2. The van der Waals surface area contributed by atoms with E-state index in [0.717, 1.165) is 6.07 Å². The molecule has 0 heterocycles. The number of halogens is 3. The van der Waals surface area contributed by atoms with Crippen LogP contribution in [0.2, 0.25) is 0 Å². The van der Waals surface area contributed by atoms with E-state index in [2.05, 4.69) is 5.32 Å². The fourth-order valence-electron chi connectivity index (χ4n) is 2.33. The Kier molecular flexibility index (Phi) is 6.38. The predicted molar refractivity (Wildman–Crippen MR) is 89.5 cm³/mol. The van der Waals surface area contributed by atoms with Gasteiger partial charge < -0.3 is 10.1 Å². The highest BCUT2D eigenvalue weighted by Crippen LogP contribution is 2.31. The summed E-state index contributed by atoms with van der Waals surface area (Å²) in [6.45, 7) is 1.24. The van der Waals surface area contributed by atoms with Crippen LogP contribution >= 0.6 is 0 Å². The van der Waals surface area contributed by atoms with Crippen molar-refractivity contribution >= 4 is 11.9 Å². The SMILES string of the molecule is CC(NC(=O)c1ccccc1)C(=O)OCCc1ccccc1C(F)(F)F. The number of ether oxygens (including phenoxy) is 1. The first-order valence-electron chi connectivity index (χ1n) is 7.96. The molecule has 0 spiro atoms. The van der Waals surface area contributed by atoms with Gasteiger partial charge in [0.1, 0.15) is 6.04 Å². The second-order valence-corrected chi connectivity index (χ2v) is 5.63. The second-order valence-electron chi connectivity index (χ2n) is 5.63. The van der Waals surface area contributed by atoms with Crippen LogP contribution in [0.25, 0.3) is 0 Å². The van der Waals surface area contributed by atoms with Crippen LogP contribution in [0.1, 0.15) is 28.4 Å². The lowest BCUT2D eigenvalue weighted by Gasteiger charge is -2.15. The second kappa shape index (κ2) is 8.51. The molecule has 1 unspecified atom stereocenters. The Bertz CT molecular complexity index is 760. The quantitative estimate of drug-likeness (QED) is 0.796. The zero-order valence-electron chi connectivity index (χ0n) is 14.0. The van der Waals surface area contributed by atoms with Gasteiger partial charge in [0.15, 0.2) is 0 Å². The van der Waals surface area contributed by atoms with Gasteiger partial charge in [-0.1, -0.05) is 36.4 Å². The highest BCUT2D eigenvalue weighted by atomic mass is 19.4. The maximum absolute atomic E-state index is 12.9. The van der Waals surface area contributed by atoms with Gasteiger partial charge in [-0.05, 0) is 30.7 Å². The van der Waals surface area contributed by atoms with E-state index < -0.39 is 29.7 Å². The molecule has 2 aromatic rings. The minimum absolute atomic E-state index is 0.0498. The third-order valence-electron chi connectivity index (χ3n) is 3.68. The predicted octanol–water partition coefficient (Wildman–Crippen LogP) is 3.61. The molecule has 0 fully saturated rings. The lowest BCUT2D eigenvalue weighted by Crippen LogP contribution is -2.39. The molecular weight excluding hydrogens is 347 g/mol. The third kappa shape index (κ3) is 5.34. The van der Waals surface area contributed by atoms with E-state index in [-0.39, 0.29) is 18.6 Å². The minimum atomic E-state index is -4.46. The van der Waals surface area contributed by atoms with Crippen molar-refractivity contribution in [3.8, 4) is 0 Å². The van der Waals surface area contributed by atoms with E-state index in [9.17, 15) is 22.8 Å². The molecule has 4 nitrogen and oxygen atoms in total. The van der Waals surface area contributed by atoms with E-state index in [1.165, 1.54) is 25.1 Å². The largest absolute Gasteiger partial charge is 0.464 e. The summed E-state index contributed by atoms with van der Waals surface area (Å²) in [5, 5.41) is 2.49. The van der Waals surface area contributed by atoms with Gasteiger partial charge in [-0.3, -0.25) is 4.79 Å². The summed E-state index contributed by atoms with van der Waals surface area (Å²) in [6.07, 6.45) is -4.53. The van der Waals surface area contributed by atoms with Crippen LogP contribution in [0.5, 0.6) is 0 Å². The molecule has 0 aromatic heterocycles. The van der Waals surface area contributed by atoms with Crippen LogP contribution in [0, 0.1) is 0 Å². The van der Waals surface area contributed by atoms with Crippen molar-refractivity contribution in [2.45, 2.75) is 25.6 Å². The number of hydrogen-bond acceptors (Lipinski definition) is 3. The van der Waals surface area contributed by atoms with E-state index in [1.54, 1.807) is 30.3 Å². The van der Waals surface area contributed by atoms with Gasteiger partial charge in [0.2, 0.25) is 0 Å². The zero-order valence-corrected chi connectivity index (χ0v) is 14.0. The fraction of sp³-hybridized carbons (Fsp3) is 0.263. The first kappa shape index (κ1) is 19.5. The Morgan fingerprint density at radius 3 is 2.31 bits per heavy atom. The van der Waals surface area contributed by atoms with E-state index in [4.69, 9.17) is 4.74 Å². The topological polar surface area (TPSA) is 55.4 Å². The van der Waals surface area contributed by atoms with Gasteiger partial charge in [-0.2, -0.15) is 13.2 Å². The Hall–Kier alpha value is -2.83. The van der Waals surface area contributed by atoms with Gasteiger partial charge in [-0.25, -0.2) is 4.79 Å². The molecule has 0 aliphatic heterocycles. The smallest absolute Gasteiger partial charge is 0.416 e. The number of carbonyl (C=O) groups is 2.